The molecule has 0 aliphatic heterocycles. The molecule has 1 rings (SSSR count). The lowest BCUT2D eigenvalue weighted by molar-refractivity contribution is 0.413. The van der Waals surface area contributed by atoms with Gasteiger partial charge in [-0.15, -0.1) is 0 Å². The predicted molar refractivity (Wildman–Crippen MR) is 58.4 cm³/mol. The van der Waals surface area contributed by atoms with Gasteiger partial charge in [0.05, 0.1) is 19.2 Å². The van der Waals surface area contributed by atoms with Crippen LogP contribution in [-0.2, 0) is 0 Å². The van der Waals surface area contributed by atoms with E-state index in [1.54, 1.807) is 7.11 Å². The molecule has 0 radical (unpaired) electrons. The molecule has 0 spiro atoms. The summed E-state index contributed by atoms with van der Waals surface area (Å²) in [6.07, 6.45) is 0. The minimum Gasteiger partial charge on any atom is -0.495 e. The van der Waals surface area contributed by atoms with Crippen molar-refractivity contribution < 1.29 is 4.74 Å². The van der Waals surface area contributed by atoms with Crippen molar-refractivity contribution in [3.63, 3.8) is 0 Å². The third-order valence-electron chi connectivity index (χ3n) is 1.79. The predicted octanol–water partition coefficient (Wildman–Crippen LogP) is 1.66. The molecule has 0 aliphatic rings. The van der Waals surface area contributed by atoms with E-state index in [2.05, 4.69) is 24.1 Å². The molecule has 14 heavy (non-hydrogen) atoms. The van der Waals surface area contributed by atoms with Crippen molar-refractivity contribution >= 4 is 0 Å². The van der Waals surface area contributed by atoms with Gasteiger partial charge in [0, 0.05) is 0 Å². The highest BCUT2D eigenvalue weighted by Gasteiger charge is 1.95. The molecule has 2 nitrogen and oxygen atoms in total. The Bertz CT molecular complexity index is 336. The standard InChI is InChI=1S/C12H15NO/c1-3-13-10-6-8-11-7-4-5-9-12(11)14-2/h4-5,7,9,13H,3,10H2,1-2H3. The zero-order valence-electron chi connectivity index (χ0n) is 8.63. The number of ether oxygens (including phenoxy) is 1. The van der Waals surface area contributed by atoms with Gasteiger partial charge in [0.1, 0.15) is 5.75 Å². The summed E-state index contributed by atoms with van der Waals surface area (Å²) in [5.41, 5.74) is 0.938. The van der Waals surface area contributed by atoms with E-state index in [9.17, 15) is 0 Å². The fourth-order valence-electron chi connectivity index (χ4n) is 1.07. The summed E-state index contributed by atoms with van der Waals surface area (Å²) in [6.45, 7) is 3.72. The fraction of sp³-hybridized carbons (Fsp3) is 0.333. The van der Waals surface area contributed by atoms with Crippen LogP contribution in [0.3, 0.4) is 0 Å². The topological polar surface area (TPSA) is 21.3 Å². The molecule has 0 atom stereocenters. The molecular formula is C12H15NO. The molecule has 1 aromatic carbocycles. The Kier molecular flexibility index (Phi) is 4.60. The summed E-state index contributed by atoms with van der Waals surface area (Å²) in [5.74, 6) is 6.93. The van der Waals surface area contributed by atoms with Crippen LogP contribution in [0.2, 0.25) is 0 Å². The number of hydrogen-bond donors (Lipinski definition) is 1. The third-order valence-corrected chi connectivity index (χ3v) is 1.79. The molecular weight excluding hydrogens is 174 g/mol. The smallest absolute Gasteiger partial charge is 0.134 e. The second-order valence-electron chi connectivity index (χ2n) is 2.78. The number of hydrogen-bond acceptors (Lipinski definition) is 2. The van der Waals surface area contributed by atoms with Crippen LogP contribution < -0.4 is 10.1 Å². The maximum atomic E-state index is 5.18. The van der Waals surface area contributed by atoms with Crippen LogP contribution in [0.1, 0.15) is 12.5 Å². The number of para-hydroxylation sites is 1. The summed E-state index contributed by atoms with van der Waals surface area (Å²) in [4.78, 5) is 0. The van der Waals surface area contributed by atoms with Gasteiger partial charge in [0.25, 0.3) is 0 Å². The highest BCUT2D eigenvalue weighted by atomic mass is 16.5. The quantitative estimate of drug-likeness (QED) is 0.576. The second-order valence-corrected chi connectivity index (χ2v) is 2.78. The van der Waals surface area contributed by atoms with Gasteiger partial charge in [-0.05, 0) is 18.7 Å². The van der Waals surface area contributed by atoms with E-state index in [4.69, 9.17) is 4.74 Å². The van der Waals surface area contributed by atoms with E-state index in [0.29, 0.717) is 6.54 Å². The largest absolute Gasteiger partial charge is 0.495 e. The van der Waals surface area contributed by atoms with Crippen molar-refractivity contribution in [2.75, 3.05) is 20.2 Å². The molecule has 74 valence electrons. The molecule has 0 saturated carbocycles. The van der Waals surface area contributed by atoms with Crippen LogP contribution in [0.15, 0.2) is 24.3 Å². The SMILES string of the molecule is CCNCC#Cc1ccccc1OC. The van der Waals surface area contributed by atoms with Crippen LogP contribution in [0, 0.1) is 11.8 Å². The molecule has 0 saturated heterocycles. The van der Waals surface area contributed by atoms with Gasteiger partial charge < -0.3 is 10.1 Å². The van der Waals surface area contributed by atoms with E-state index in [1.807, 2.05) is 24.3 Å². The van der Waals surface area contributed by atoms with Gasteiger partial charge in [-0.3, -0.25) is 0 Å². The van der Waals surface area contributed by atoms with E-state index in [1.165, 1.54) is 0 Å². The molecule has 1 N–H and O–H groups in total. The normalized spacial score (nSPS) is 9.00. The van der Waals surface area contributed by atoms with E-state index < -0.39 is 0 Å². The number of methoxy groups -OCH3 is 1. The van der Waals surface area contributed by atoms with Crippen LogP contribution >= 0.6 is 0 Å². The van der Waals surface area contributed by atoms with E-state index in [-0.39, 0.29) is 0 Å². The van der Waals surface area contributed by atoms with Gasteiger partial charge in [0.15, 0.2) is 0 Å². The first-order chi connectivity index (χ1) is 6.88. The summed E-state index contributed by atoms with van der Waals surface area (Å²) in [5, 5.41) is 3.14. The zero-order chi connectivity index (χ0) is 10.2. The molecule has 1 aromatic rings. The molecule has 0 unspecified atom stereocenters. The lowest BCUT2D eigenvalue weighted by Crippen LogP contribution is -2.11. The van der Waals surface area contributed by atoms with Crippen molar-refractivity contribution in [2.45, 2.75) is 6.92 Å². The van der Waals surface area contributed by atoms with Crippen molar-refractivity contribution in [1.82, 2.24) is 5.32 Å². The zero-order valence-corrected chi connectivity index (χ0v) is 8.63. The fourth-order valence-corrected chi connectivity index (χ4v) is 1.07. The Morgan fingerprint density at radius 3 is 2.86 bits per heavy atom. The molecule has 0 bridgehead atoms. The van der Waals surface area contributed by atoms with Crippen molar-refractivity contribution in [3.8, 4) is 17.6 Å². The Hall–Kier alpha value is -1.46. The Balaban J connectivity index is 2.68. The monoisotopic (exact) mass is 189 g/mol. The van der Waals surface area contributed by atoms with Crippen LogP contribution in [0.25, 0.3) is 0 Å². The number of rotatable bonds is 3. The maximum absolute atomic E-state index is 5.18. The first-order valence-corrected chi connectivity index (χ1v) is 4.71. The molecule has 0 aliphatic carbocycles. The van der Waals surface area contributed by atoms with E-state index >= 15 is 0 Å². The number of benzene rings is 1. The average Bonchev–Trinajstić information content (AvgIpc) is 2.25. The highest BCUT2D eigenvalue weighted by molar-refractivity contribution is 5.45. The van der Waals surface area contributed by atoms with Gasteiger partial charge in [-0.1, -0.05) is 30.9 Å². The first-order valence-electron chi connectivity index (χ1n) is 4.71. The van der Waals surface area contributed by atoms with Gasteiger partial charge in [-0.2, -0.15) is 0 Å². The molecule has 0 fully saturated rings. The maximum Gasteiger partial charge on any atom is 0.134 e. The average molecular weight is 189 g/mol. The Morgan fingerprint density at radius 2 is 2.14 bits per heavy atom. The Morgan fingerprint density at radius 1 is 1.36 bits per heavy atom. The van der Waals surface area contributed by atoms with Gasteiger partial charge >= 0.3 is 0 Å². The summed E-state index contributed by atoms with van der Waals surface area (Å²) in [7, 11) is 1.66. The summed E-state index contributed by atoms with van der Waals surface area (Å²) in [6, 6.07) is 7.77. The van der Waals surface area contributed by atoms with Crippen molar-refractivity contribution in [1.29, 1.82) is 0 Å². The molecule has 2 heteroatoms. The lowest BCUT2D eigenvalue weighted by atomic mass is 10.2. The minimum atomic E-state index is 0.717. The van der Waals surface area contributed by atoms with Crippen LogP contribution in [0.4, 0.5) is 0 Å². The summed E-state index contributed by atoms with van der Waals surface area (Å²) < 4.78 is 5.18. The first kappa shape index (κ1) is 10.6. The van der Waals surface area contributed by atoms with Crippen molar-refractivity contribution in [2.24, 2.45) is 0 Å². The van der Waals surface area contributed by atoms with Gasteiger partial charge in [0.2, 0.25) is 0 Å². The number of nitrogens with one attached hydrogen (secondary N) is 1. The summed E-state index contributed by atoms with van der Waals surface area (Å²) >= 11 is 0. The van der Waals surface area contributed by atoms with Crippen molar-refractivity contribution in [3.05, 3.63) is 29.8 Å². The van der Waals surface area contributed by atoms with E-state index in [0.717, 1.165) is 17.9 Å². The highest BCUT2D eigenvalue weighted by Crippen LogP contribution is 2.15. The van der Waals surface area contributed by atoms with Crippen LogP contribution in [0.5, 0.6) is 5.75 Å². The lowest BCUT2D eigenvalue weighted by Gasteiger charge is -2.00. The van der Waals surface area contributed by atoms with Gasteiger partial charge in [-0.25, -0.2) is 0 Å². The molecule has 0 aromatic heterocycles. The van der Waals surface area contributed by atoms with Crippen LogP contribution in [-0.4, -0.2) is 20.2 Å². The second kappa shape index (κ2) is 6.06. The Labute approximate surface area is 85.3 Å². The minimum absolute atomic E-state index is 0.717. The molecule has 0 heterocycles. The third kappa shape index (κ3) is 3.12. The molecule has 0 amide bonds.